The van der Waals surface area contributed by atoms with Gasteiger partial charge < -0.3 is 10.0 Å². The van der Waals surface area contributed by atoms with Crippen LogP contribution in [-0.2, 0) is 4.79 Å². The molecule has 2 atom stereocenters. The zero-order valence-corrected chi connectivity index (χ0v) is 7.79. The third-order valence-corrected chi connectivity index (χ3v) is 2.80. The van der Waals surface area contributed by atoms with E-state index < -0.39 is 5.97 Å². The molecule has 0 aromatic carbocycles. The molecule has 0 unspecified atom stereocenters. The summed E-state index contributed by atoms with van der Waals surface area (Å²) in [6.45, 7) is 3.84. The minimum Gasteiger partial charge on any atom is -0.481 e. The maximum absolute atomic E-state index is 10.8. The SMILES string of the molecule is CC[C@@H]1CCN(C)C[C@@H]1C(=O)O. The molecule has 3 nitrogen and oxygen atoms in total. The lowest BCUT2D eigenvalue weighted by Crippen LogP contribution is -2.41. The average Bonchev–Trinajstić information content (AvgIpc) is 2.04. The normalized spacial score (nSPS) is 31.8. The molecule has 1 heterocycles. The monoisotopic (exact) mass is 171 g/mol. The van der Waals surface area contributed by atoms with Crippen molar-refractivity contribution in [2.24, 2.45) is 11.8 Å². The number of hydrogen-bond donors (Lipinski definition) is 1. The number of piperidine rings is 1. The van der Waals surface area contributed by atoms with Crippen molar-refractivity contribution in [3.8, 4) is 0 Å². The Morgan fingerprint density at radius 2 is 2.33 bits per heavy atom. The van der Waals surface area contributed by atoms with Crippen LogP contribution in [-0.4, -0.2) is 36.1 Å². The second kappa shape index (κ2) is 3.90. The molecule has 1 saturated heterocycles. The summed E-state index contributed by atoms with van der Waals surface area (Å²) in [5.74, 6) is -0.388. The first-order valence-electron chi connectivity index (χ1n) is 4.56. The smallest absolute Gasteiger partial charge is 0.308 e. The summed E-state index contributed by atoms with van der Waals surface area (Å²) in [5, 5.41) is 8.93. The second-order valence-corrected chi connectivity index (χ2v) is 3.66. The Labute approximate surface area is 73.4 Å². The minimum absolute atomic E-state index is 0.145. The van der Waals surface area contributed by atoms with Crippen molar-refractivity contribution in [3.05, 3.63) is 0 Å². The highest BCUT2D eigenvalue weighted by Gasteiger charge is 2.31. The highest BCUT2D eigenvalue weighted by Crippen LogP contribution is 2.25. The van der Waals surface area contributed by atoms with E-state index >= 15 is 0 Å². The summed E-state index contributed by atoms with van der Waals surface area (Å²) < 4.78 is 0. The minimum atomic E-state index is -0.631. The summed E-state index contributed by atoms with van der Waals surface area (Å²) in [7, 11) is 1.99. The number of hydrogen-bond acceptors (Lipinski definition) is 2. The van der Waals surface area contributed by atoms with Crippen molar-refractivity contribution in [1.29, 1.82) is 0 Å². The number of carboxylic acids is 1. The fourth-order valence-electron chi connectivity index (χ4n) is 1.93. The Balaban J connectivity index is 2.58. The van der Waals surface area contributed by atoms with E-state index in [2.05, 4.69) is 11.8 Å². The van der Waals surface area contributed by atoms with Crippen molar-refractivity contribution in [2.45, 2.75) is 19.8 Å². The van der Waals surface area contributed by atoms with Gasteiger partial charge in [0.25, 0.3) is 0 Å². The molecular weight excluding hydrogens is 154 g/mol. The Hall–Kier alpha value is -0.570. The summed E-state index contributed by atoms with van der Waals surface area (Å²) in [5.41, 5.74) is 0. The summed E-state index contributed by atoms with van der Waals surface area (Å²) >= 11 is 0. The van der Waals surface area contributed by atoms with Gasteiger partial charge >= 0.3 is 5.97 Å². The summed E-state index contributed by atoms with van der Waals surface area (Å²) in [6, 6.07) is 0. The lowest BCUT2D eigenvalue weighted by molar-refractivity contribution is -0.145. The van der Waals surface area contributed by atoms with Crippen LogP contribution in [0.1, 0.15) is 19.8 Å². The molecule has 1 aliphatic heterocycles. The average molecular weight is 171 g/mol. The van der Waals surface area contributed by atoms with Crippen LogP contribution in [0.5, 0.6) is 0 Å². The molecule has 3 heteroatoms. The van der Waals surface area contributed by atoms with Crippen molar-refractivity contribution >= 4 is 5.97 Å². The molecule has 0 aromatic heterocycles. The van der Waals surface area contributed by atoms with Crippen molar-refractivity contribution in [2.75, 3.05) is 20.1 Å². The zero-order chi connectivity index (χ0) is 9.14. The van der Waals surface area contributed by atoms with Crippen LogP contribution in [0.2, 0.25) is 0 Å². The number of carboxylic acid groups (broad SMARTS) is 1. The Morgan fingerprint density at radius 3 is 2.83 bits per heavy atom. The van der Waals surface area contributed by atoms with Gasteiger partial charge in [-0.05, 0) is 25.9 Å². The largest absolute Gasteiger partial charge is 0.481 e. The quantitative estimate of drug-likeness (QED) is 0.675. The van der Waals surface area contributed by atoms with Crippen LogP contribution in [0, 0.1) is 11.8 Å². The lowest BCUT2D eigenvalue weighted by atomic mass is 9.84. The van der Waals surface area contributed by atoms with E-state index in [0.717, 1.165) is 19.4 Å². The van der Waals surface area contributed by atoms with Gasteiger partial charge in [-0.1, -0.05) is 13.3 Å². The van der Waals surface area contributed by atoms with E-state index in [0.29, 0.717) is 12.5 Å². The van der Waals surface area contributed by atoms with Gasteiger partial charge in [0.1, 0.15) is 0 Å². The van der Waals surface area contributed by atoms with E-state index in [1.807, 2.05) is 7.05 Å². The molecule has 0 saturated carbocycles. The number of carbonyl (C=O) groups is 1. The molecule has 0 bridgehead atoms. The molecule has 1 aliphatic rings. The van der Waals surface area contributed by atoms with Gasteiger partial charge in [0, 0.05) is 6.54 Å². The molecule has 0 aliphatic carbocycles. The van der Waals surface area contributed by atoms with Crippen molar-refractivity contribution in [1.82, 2.24) is 4.90 Å². The van der Waals surface area contributed by atoms with Crippen LogP contribution in [0.3, 0.4) is 0 Å². The van der Waals surface area contributed by atoms with Gasteiger partial charge in [-0.25, -0.2) is 0 Å². The molecule has 0 spiro atoms. The fraction of sp³-hybridized carbons (Fsp3) is 0.889. The van der Waals surface area contributed by atoms with Crippen LogP contribution < -0.4 is 0 Å². The maximum atomic E-state index is 10.8. The Morgan fingerprint density at radius 1 is 1.67 bits per heavy atom. The first-order chi connectivity index (χ1) is 5.65. The first-order valence-corrected chi connectivity index (χ1v) is 4.56. The molecule has 1 N–H and O–H groups in total. The van der Waals surface area contributed by atoms with Crippen molar-refractivity contribution < 1.29 is 9.90 Å². The van der Waals surface area contributed by atoms with Crippen LogP contribution in [0.25, 0.3) is 0 Å². The molecule has 70 valence electrons. The van der Waals surface area contributed by atoms with E-state index in [9.17, 15) is 4.79 Å². The molecule has 1 rings (SSSR count). The predicted octanol–water partition coefficient (Wildman–Crippen LogP) is 1.05. The number of aliphatic carboxylic acids is 1. The standard InChI is InChI=1S/C9H17NO2/c1-3-7-4-5-10(2)6-8(7)9(11)12/h7-8H,3-6H2,1-2H3,(H,11,12)/t7-,8+/m1/s1. The van der Waals surface area contributed by atoms with Gasteiger partial charge in [0.05, 0.1) is 5.92 Å². The van der Waals surface area contributed by atoms with Gasteiger partial charge in [-0.3, -0.25) is 4.79 Å². The molecule has 0 aromatic rings. The summed E-state index contributed by atoms with van der Waals surface area (Å²) in [6.07, 6.45) is 2.02. The molecule has 0 amide bonds. The third-order valence-electron chi connectivity index (χ3n) is 2.80. The van der Waals surface area contributed by atoms with Crippen molar-refractivity contribution in [3.63, 3.8) is 0 Å². The highest BCUT2D eigenvalue weighted by molar-refractivity contribution is 5.70. The van der Waals surface area contributed by atoms with Gasteiger partial charge in [-0.2, -0.15) is 0 Å². The van der Waals surface area contributed by atoms with E-state index in [4.69, 9.17) is 5.11 Å². The van der Waals surface area contributed by atoms with E-state index in [1.165, 1.54) is 0 Å². The van der Waals surface area contributed by atoms with Crippen LogP contribution >= 0.6 is 0 Å². The predicted molar refractivity (Wildman–Crippen MR) is 47.0 cm³/mol. The number of rotatable bonds is 2. The van der Waals surface area contributed by atoms with Gasteiger partial charge in [0.15, 0.2) is 0 Å². The van der Waals surface area contributed by atoms with Gasteiger partial charge in [0.2, 0.25) is 0 Å². The second-order valence-electron chi connectivity index (χ2n) is 3.66. The lowest BCUT2D eigenvalue weighted by Gasteiger charge is -2.33. The number of likely N-dealkylation sites (tertiary alicyclic amines) is 1. The fourth-order valence-corrected chi connectivity index (χ4v) is 1.93. The highest BCUT2D eigenvalue weighted by atomic mass is 16.4. The Kier molecular flexibility index (Phi) is 3.09. The van der Waals surface area contributed by atoms with Crippen LogP contribution in [0.4, 0.5) is 0 Å². The van der Waals surface area contributed by atoms with E-state index in [-0.39, 0.29) is 5.92 Å². The first kappa shape index (κ1) is 9.52. The topological polar surface area (TPSA) is 40.5 Å². The zero-order valence-electron chi connectivity index (χ0n) is 7.79. The molecule has 12 heavy (non-hydrogen) atoms. The van der Waals surface area contributed by atoms with E-state index in [1.54, 1.807) is 0 Å². The van der Waals surface area contributed by atoms with Crippen LogP contribution in [0.15, 0.2) is 0 Å². The van der Waals surface area contributed by atoms with Gasteiger partial charge in [-0.15, -0.1) is 0 Å². The maximum Gasteiger partial charge on any atom is 0.308 e. The number of nitrogens with zero attached hydrogens (tertiary/aromatic N) is 1. The Bertz CT molecular complexity index is 170. The molecule has 0 radical (unpaired) electrons. The third kappa shape index (κ3) is 1.97. The molecule has 1 fully saturated rings. The molecular formula is C9H17NO2. The summed E-state index contributed by atoms with van der Waals surface area (Å²) in [4.78, 5) is 12.9.